The maximum atomic E-state index is 11.6. The van der Waals surface area contributed by atoms with Crippen LogP contribution >= 0.6 is 0 Å². The lowest BCUT2D eigenvalue weighted by Crippen LogP contribution is -2.52. The molecule has 1 aliphatic carbocycles. The average Bonchev–Trinajstić information content (AvgIpc) is 2.64. The van der Waals surface area contributed by atoms with Crippen LogP contribution in [-0.4, -0.2) is 28.3 Å². The summed E-state index contributed by atoms with van der Waals surface area (Å²) in [5.74, 6) is 0. The monoisotopic (exact) mass is 279 g/mol. The molecule has 1 aromatic heterocycles. The van der Waals surface area contributed by atoms with E-state index in [2.05, 4.69) is 22.9 Å². The van der Waals surface area contributed by atoms with Crippen LogP contribution < -0.4 is 10.6 Å². The Labute approximate surface area is 120 Å². The minimum absolute atomic E-state index is 0.234. The Kier molecular flexibility index (Phi) is 4.38. The minimum Gasteiger partial charge on any atom is -0.444 e. The van der Waals surface area contributed by atoms with E-state index in [9.17, 15) is 4.79 Å². The summed E-state index contributed by atoms with van der Waals surface area (Å²) in [6.45, 7) is 6.50. The summed E-state index contributed by atoms with van der Waals surface area (Å²) in [7, 11) is 2.02. The molecule has 0 atom stereocenters. The van der Waals surface area contributed by atoms with E-state index < -0.39 is 5.60 Å². The Morgan fingerprint density at radius 2 is 2.10 bits per heavy atom. The summed E-state index contributed by atoms with van der Waals surface area (Å²) in [4.78, 5) is 11.6. The van der Waals surface area contributed by atoms with Crippen molar-refractivity contribution < 1.29 is 9.53 Å². The molecular weight excluding hydrogens is 254 g/mol. The number of hydrogen-bond acceptors (Lipinski definition) is 3. The fourth-order valence-corrected chi connectivity index (χ4v) is 2.30. The Morgan fingerprint density at radius 3 is 2.65 bits per heavy atom. The molecule has 0 bridgehead atoms. The van der Waals surface area contributed by atoms with Crippen molar-refractivity contribution in [1.82, 2.24) is 15.2 Å². The average molecular weight is 279 g/mol. The number of hydrogen-bond donors (Lipinski definition) is 2. The van der Waals surface area contributed by atoms with Gasteiger partial charge in [-0.3, -0.25) is 0 Å². The number of nitrogens with one attached hydrogen (secondary N) is 2. The Morgan fingerprint density at radius 1 is 1.40 bits per heavy atom. The molecular formula is C15H25N3O2. The Bertz CT molecular complexity index is 456. The molecule has 0 saturated heterocycles. The van der Waals surface area contributed by atoms with Crippen LogP contribution in [0.2, 0.25) is 0 Å². The predicted octanol–water partition coefficient (Wildman–Crippen LogP) is 2.17. The maximum Gasteiger partial charge on any atom is 0.407 e. The van der Waals surface area contributed by atoms with E-state index in [4.69, 9.17) is 4.74 Å². The molecule has 20 heavy (non-hydrogen) atoms. The molecule has 0 radical (unpaired) electrons. The van der Waals surface area contributed by atoms with Crippen LogP contribution in [0.5, 0.6) is 0 Å². The van der Waals surface area contributed by atoms with Gasteiger partial charge in [-0.25, -0.2) is 4.79 Å². The molecule has 2 N–H and O–H groups in total. The van der Waals surface area contributed by atoms with Crippen LogP contribution in [0.25, 0.3) is 0 Å². The van der Waals surface area contributed by atoms with Crippen molar-refractivity contribution in [2.75, 3.05) is 0 Å². The third-order valence-electron chi connectivity index (χ3n) is 3.35. The lowest BCUT2D eigenvalue weighted by molar-refractivity contribution is 0.0465. The van der Waals surface area contributed by atoms with E-state index in [0.717, 1.165) is 19.4 Å². The largest absolute Gasteiger partial charge is 0.444 e. The molecule has 1 heterocycles. The van der Waals surface area contributed by atoms with Crippen LogP contribution in [0.4, 0.5) is 4.79 Å². The van der Waals surface area contributed by atoms with Crippen LogP contribution in [0, 0.1) is 0 Å². The van der Waals surface area contributed by atoms with E-state index >= 15 is 0 Å². The van der Waals surface area contributed by atoms with Gasteiger partial charge in [0, 0.05) is 38.1 Å². The zero-order valence-electron chi connectivity index (χ0n) is 12.8. The molecule has 0 spiro atoms. The van der Waals surface area contributed by atoms with Crippen molar-refractivity contribution in [2.45, 2.75) is 57.8 Å². The topological polar surface area (TPSA) is 55.3 Å². The van der Waals surface area contributed by atoms with Crippen molar-refractivity contribution in [2.24, 2.45) is 7.05 Å². The Hall–Kier alpha value is -1.49. The van der Waals surface area contributed by atoms with Crippen LogP contribution in [0.15, 0.2) is 18.5 Å². The molecule has 0 aromatic carbocycles. The van der Waals surface area contributed by atoms with Gasteiger partial charge in [-0.2, -0.15) is 0 Å². The van der Waals surface area contributed by atoms with Gasteiger partial charge < -0.3 is 19.9 Å². The van der Waals surface area contributed by atoms with Crippen LogP contribution in [-0.2, 0) is 18.3 Å². The molecule has 112 valence electrons. The van der Waals surface area contributed by atoms with Gasteiger partial charge in [-0.15, -0.1) is 0 Å². The number of amides is 1. The smallest absolute Gasteiger partial charge is 0.407 e. The van der Waals surface area contributed by atoms with E-state index in [1.807, 2.05) is 38.6 Å². The highest BCUT2D eigenvalue weighted by molar-refractivity contribution is 5.68. The number of carbonyl (C=O) groups is 1. The number of nitrogens with zero attached hydrogens (tertiary/aromatic N) is 1. The number of alkyl carbamates (subject to hydrolysis) is 1. The normalized spacial score (nSPS) is 22.2. The maximum absolute atomic E-state index is 11.6. The van der Waals surface area contributed by atoms with Gasteiger partial charge in [0.2, 0.25) is 0 Å². The molecule has 5 heteroatoms. The summed E-state index contributed by atoms with van der Waals surface area (Å²) >= 11 is 0. The zero-order chi connectivity index (χ0) is 14.8. The number of carbonyl (C=O) groups excluding carboxylic acids is 1. The quantitative estimate of drug-likeness (QED) is 0.888. The molecule has 1 saturated carbocycles. The SMILES string of the molecule is Cn1ccc(CNC2CC(NC(=O)OC(C)(C)C)C2)c1. The van der Waals surface area contributed by atoms with Gasteiger partial charge in [0.15, 0.2) is 0 Å². The molecule has 0 unspecified atom stereocenters. The van der Waals surface area contributed by atoms with E-state index in [1.165, 1.54) is 5.56 Å². The molecule has 1 aromatic rings. The van der Waals surface area contributed by atoms with Crippen molar-refractivity contribution in [3.05, 3.63) is 24.0 Å². The highest BCUT2D eigenvalue weighted by atomic mass is 16.6. The third-order valence-corrected chi connectivity index (χ3v) is 3.35. The zero-order valence-corrected chi connectivity index (χ0v) is 12.8. The second kappa shape index (κ2) is 5.87. The van der Waals surface area contributed by atoms with E-state index in [0.29, 0.717) is 6.04 Å². The summed E-state index contributed by atoms with van der Waals surface area (Å²) in [6.07, 6.45) is 5.77. The van der Waals surface area contributed by atoms with Crippen molar-refractivity contribution in [3.63, 3.8) is 0 Å². The van der Waals surface area contributed by atoms with Crippen LogP contribution in [0.1, 0.15) is 39.2 Å². The second-order valence-corrected chi connectivity index (χ2v) is 6.58. The standard InChI is InChI=1S/C15H25N3O2/c1-15(2,3)20-14(19)17-13-7-12(8-13)16-9-11-5-6-18(4)10-11/h5-6,10,12-13,16H,7-9H2,1-4H3,(H,17,19). The summed E-state index contributed by atoms with van der Waals surface area (Å²) in [5.41, 5.74) is 0.856. The van der Waals surface area contributed by atoms with Gasteiger partial charge in [0.1, 0.15) is 5.60 Å². The summed E-state index contributed by atoms with van der Waals surface area (Å²) < 4.78 is 7.28. The highest BCUT2D eigenvalue weighted by Crippen LogP contribution is 2.21. The third kappa shape index (κ3) is 4.56. The first-order valence-corrected chi connectivity index (χ1v) is 7.15. The number of ether oxygens (including phenoxy) is 1. The molecule has 5 nitrogen and oxygen atoms in total. The van der Waals surface area contributed by atoms with Crippen molar-refractivity contribution >= 4 is 6.09 Å². The van der Waals surface area contributed by atoms with E-state index in [1.54, 1.807) is 0 Å². The van der Waals surface area contributed by atoms with E-state index in [-0.39, 0.29) is 12.1 Å². The summed E-state index contributed by atoms with van der Waals surface area (Å²) in [6, 6.07) is 2.83. The van der Waals surface area contributed by atoms with Crippen molar-refractivity contribution in [3.8, 4) is 0 Å². The lowest BCUT2D eigenvalue weighted by Gasteiger charge is -2.36. The molecule has 1 fully saturated rings. The first kappa shape index (κ1) is 14.9. The second-order valence-electron chi connectivity index (χ2n) is 6.58. The minimum atomic E-state index is -0.432. The van der Waals surface area contributed by atoms with Gasteiger partial charge in [0.05, 0.1) is 0 Å². The predicted molar refractivity (Wildman–Crippen MR) is 78.4 cm³/mol. The Balaban J connectivity index is 1.61. The lowest BCUT2D eigenvalue weighted by atomic mass is 9.87. The van der Waals surface area contributed by atoms with Gasteiger partial charge in [-0.1, -0.05) is 0 Å². The van der Waals surface area contributed by atoms with Gasteiger partial charge in [-0.05, 0) is 45.2 Å². The molecule has 1 amide bonds. The van der Waals surface area contributed by atoms with Crippen LogP contribution in [0.3, 0.4) is 0 Å². The summed E-state index contributed by atoms with van der Waals surface area (Å²) in [5, 5.41) is 6.39. The first-order chi connectivity index (χ1) is 9.32. The van der Waals surface area contributed by atoms with Gasteiger partial charge in [0.25, 0.3) is 0 Å². The van der Waals surface area contributed by atoms with Crippen molar-refractivity contribution in [1.29, 1.82) is 0 Å². The number of rotatable bonds is 4. The fraction of sp³-hybridized carbons (Fsp3) is 0.667. The fourth-order valence-electron chi connectivity index (χ4n) is 2.30. The molecule has 2 rings (SSSR count). The van der Waals surface area contributed by atoms with Gasteiger partial charge >= 0.3 is 6.09 Å². The first-order valence-electron chi connectivity index (χ1n) is 7.15. The molecule has 0 aliphatic heterocycles. The number of aromatic nitrogens is 1. The molecule has 1 aliphatic rings. The number of aryl methyl sites for hydroxylation is 1. The highest BCUT2D eigenvalue weighted by Gasteiger charge is 2.31.